The van der Waals surface area contributed by atoms with Crippen molar-refractivity contribution >= 4 is 21.8 Å². The van der Waals surface area contributed by atoms with E-state index in [-0.39, 0.29) is 0 Å². The second-order valence-electron chi connectivity index (χ2n) is 8.83. The van der Waals surface area contributed by atoms with Crippen LogP contribution in [0.3, 0.4) is 0 Å². The first-order valence-electron chi connectivity index (χ1n) is 12.5. The Morgan fingerprint density at radius 1 is 0.500 bits per heavy atom. The summed E-state index contributed by atoms with van der Waals surface area (Å²) >= 11 is 0. The van der Waals surface area contributed by atoms with Crippen LogP contribution in [0.2, 0.25) is 0 Å². The molecule has 0 amide bonds. The van der Waals surface area contributed by atoms with Crippen molar-refractivity contribution in [2.45, 2.75) is 104 Å². The first kappa shape index (κ1) is 22.7. The Labute approximate surface area is 183 Å². The maximum absolute atomic E-state index is 4.75. The number of fused-ring (bicyclic) bond motifs is 3. The number of aryl methyl sites for hydroxylation is 2. The highest BCUT2D eigenvalue weighted by molar-refractivity contribution is 6.04. The maximum Gasteiger partial charge on any atom is 0.0967 e. The molecule has 0 aliphatic carbocycles. The SMILES string of the molecule is CCCCCCCCc1ccnc2c1ccc1c(CCCCCCCC)ccnc12. The van der Waals surface area contributed by atoms with Gasteiger partial charge in [-0.1, -0.05) is 90.2 Å². The molecule has 2 nitrogen and oxygen atoms in total. The number of pyridine rings is 2. The van der Waals surface area contributed by atoms with Crippen molar-refractivity contribution in [3.05, 3.63) is 47.8 Å². The Balaban J connectivity index is 1.69. The molecule has 3 rings (SSSR count). The van der Waals surface area contributed by atoms with Crippen molar-refractivity contribution in [3.8, 4) is 0 Å². The summed E-state index contributed by atoms with van der Waals surface area (Å²) in [7, 11) is 0. The van der Waals surface area contributed by atoms with Crippen molar-refractivity contribution in [3.63, 3.8) is 0 Å². The number of hydrogen-bond acceptors (Lipinski definition) is 2. The maximum atomic E-state index is 4.75. The predicted octanol–water partition coefficient (Wildman–Crippen LogP) is 8.59. The Morgan fingerprint density at radius 3 is 1.33 bits per heavy atom. The molecule has 162 valence electrons. The van der Waals surface area contributed by atoms with Gasteiger partial charge in [0.25, 0.3) is 0 Å². The van der Waals surface area contributed by atoms with Crippen LogP contribution in [0.15, 0.2) is 36.7 Å². The van der Waals surface area contributed by atoms with E-state index >= 15 is 0 Å². The molecule has 2 heterocycles. The zero-order chi connectivity index (χ0) is 21.0. The lowest BCUT2D eigenvalue weighted by molar-refractivity contribution is 0.608. The first-order chi connectivity index (χ1) is 14.8. The highest BCUT2D eigenvalue weighted by Gasteiger charge is 2.10. The topological polar surface area (TPSA) is 25.8 Å². The summed E-state index contributed by atoms with van der Waals surface area (Å²) in [6, 6.07) is 9.01. The van der Waals surface area contributed by atoms with E-state index in [0.29, 0.717) is 0 Å². The number of rotatable bonds is 14. The molecule has 0 fully saturated rings. The van der Waals surface area contributed by atoms with Gasteiger partial charge in [0.15, 0.2) is 0 Å². The van der Waals surface area contributed by atoms with Crippen LogP contribution in [0, 0.1) is 0 Å². The van der Waals surface area contributed by atoms with Gasteiger partial charge >= 0.3 is 0 Å². The summed E-state index contributed by atoms with van der Waals surface area (Å²) in [5, 5.41) is 2.59. The molecule has 0 aliphatic rings. The van der Waals surface area contributed by atoms with E-state index in [2.05, 4.69) is 38.1 Å². The highest BCUT2D eigenvalue weighted by atomic mass is 14.7. The lowest BCUT2D eigenvalue weighted by Crippen LogP contribution is -1.95. The number of aromatic nitrogens is 2. The third-order valence-corrected chi connectivity index (χ3v) is 6.40. The Bertz CT molecular complexity index is 825. The Morgan fingerprint density at radius 2 is 0.900 bits per heavy atom. The van der Waals surface area contributed by atoms with Crippen LogP contribution in [0.5, 0.6) is 0 Å². The number of hydrogen-bond donors (Lipinski definition) is 0. The average Bonchev–Trinajstić information content (AvgIpc) is 2.78. The Kier molecular flexibility index (Phi) is 9.60. The molecule has 0 N–H and O–H groups in total. The van der Waals surface area contributed by atoms with Crippen molar-refractivity contribution in [2.24, 2.45) is 0 Å². The second-order valence-corrected chi connectivity index (χ2v) is 8.83. The molecular weight excluding hydrogens is 364 g/mol. The summed E-state index contributed by atoms with van der Waals surface area (Å²) in [4.78, 5) is 9.50. The van der Waals surface area contributed by atoms with Gasteiger partial charge in [-0.2, -0.15) is 0 Å². The molecule has 0 spiro atoms. The van der Waals surface area contributed by atoms with Crippen LogP contribution in [-0.2, 0) is 12.8 Å². The fourth-order valence-corrected chi connectivity index (χ4v) is 4.57. The van der Waals surface area contributed by atoms with Crippen LogP contribution in [-0.4, -0.2) is 9.97 Å². The molecule has 3 aromatic rings. The lowest BCUT2D eigenvalue weighted by Gasteiger charge is -2.11. The van der Waals surface area contributed by atoms with Gasteiger partial charge in [0, 0.05) is 23.2 Å². The summed E-state index contributed by atoms with van der Waals surface area (Å²) < 4.78 is 0. The highest BCUT2D eigenvalue weighted by Crippen LogP contribution is 2.28. The molecule has 2 aromatic heterocycles. The van der Waals surface area contributed by atoms with Crippen LogP contribution in [0.1, 0.15) is 102 Å². The quantitative estimate of drug-likeness (QED) is 0.198. The summed E-state index contributed by atoms with van der Waals surface area (Å²) in [5.74, 6) is 0. The number of unbranched alkanes of at least 4 members (excludes halogenated alkanes) is 10. The fourth-order valence-electron chi connectivity index (χ4n) is 4.57. The molecule has 1 aromatic carbocycles. The smallest absolute Gasteiger partial charge is 0.0967 e. The van der Waals surface area contributed by atoms with E-state index < -0.39 is 0 Å². The van der Waals surface area contributed by atoms with Crippen molar-refractivity contribution < 1.29 is 0 Å². The first-order valence-corrected chi connectivity index (χ1v) is 12.5. The largest absolute Gasteiger partial charge is 0.254 e. The fraction of sp³-hybridized carbons (Fsp3) is 0.571. The molecule has 0 unspecified atom stereocenters. The van der Waals surface area contributed by atoms with E-state index in [1.165, 1.54) is 98.9 Å². The lowest BCUT2D eigenvalue weighted by atomic mass is 9.97. The van der Waals surface area contributed by atoms with Gasteiger partial charge in [0.2, 0.25) is 0 Å². The molecule has 0 bridgehead atoms. The zero-order valence-electron chi connectivity index (χ0n) is 19.3. The minimum Gasteiger partial charge on any atom is -0.254 e. The summed E-state index contributed by atoms with van der Waals surface area (Å²) in [6.45, 7) is 4.56. The van der Waals surface area contributed by atoms with Crippen molar-refractivity contribution in [2.75, 3.05) is 0 Å². The van der Waals surface area contributed by atoms with Gasteiger partial charge in [-0.05, 0) is 48.9 Å². The van der Waals surface area contributed by atoms with E-state index in [1.807, 2.05) is 12.4 Å². The van der Waals surface area contributed by atoms with Crippen LogP contribution >= 0.6 is 0 Å². The van der Waals surface area contributed by atoms with Gasteiger partial charge in [-0.15, -0.1) is 0 Å². The van der Waals surface area contributed by atoms with Gasteiger partial charge in [-0.25, -0.2) is 0 Å². The molecule has 0 saturated heterocycles. The molecule has 2 heteroatoms. The van der Waals surface area contributed by atoms with Crippen molar-refractivity contribution in [1.82, 2.24) is 9.97 Å². The van der Waals surface area contributed by atoms with Gasteiger partial charge in [0.1, 0.15) is 0 Å². The predicted molar refractivity (Wildman–Crippen MR) is 131 cm³/mol. The van der Waals surface area contributed by atoms with E-state index in [0.717, 1.165) is 23.9 Å². The normalized spacial score (nSPS) is 11.5. The molecule has 0 atom stereocenters. The van der Waals surface area contributed by atoms with E-state index in [1.54, 1.807) is 0 Å². The zero-order valence-corrected chi connectivity index (χ0v) is 19.3. The molecule has 0 saturated carbocycles. The minimum atomic E-state index is 1.08. The van der Waals surface area contributed by atoms with Gasteiger partial charge in [0.05, 0.1) is 11.0 Å². The molecule has 0 aliphatic heterocycles. The third-order valence-electron chi connectivity index (χ3n) is 6.40. The average molecular weight is 405 g/mol. The monoisotopic (exact) mass is 404 g/mol. The van der Waals surface area contributed by atoms with Gasteiger partial charge < -0.3 is 0 Å². The molecule has 0 radical (unpaired) electrons. The van der Waals surface area contributed by atoms with Crippen molar-refractivity contribution in [1.29, 1.82) is 0 Å². The summed E-state index contributed by atoms with van der Waals surface area (Å²) in [5.41, 5.74) is 5.03. The van der Waals surface area contributed by atoms with Gasteiger partial charge in [-0.3, -0.25) is 9.97 Å². The summed E-state index contributed by atoms with van der Waals surface area (Å²) in [6.07, 6.45) is 22.3. The number of benzene rings is 1. The van der Waals surface area contributed by atoms with Crippen LogP contribution in [0.25, 0.3) is 21.8 Å². The van der Waals surface area contributed by atoms with E-state index in [9.17, 15) is 0 Å². The molecule has 30 heavy (non-hydrogen) atoms. The molecular formula is C28H40N2. The van der Waals surface area contributed by atoms with E-state index in [4.69, 9.17) is 9.97 Å². The second kappa shape index (κ2) is 12.7. The number of nitrogens with zero attached hydrogens (tertiary/aromatic N) is 2. The third kappa shape index (κ3) is 6.27. The van der Waals surface area contributed by atoms with Crippen LogP contribution < -0.4 is 0 Å². The Hall–Kier alpha value is -1.96. The minimum absolute atomic E-state index is 1.08. The standard InChI is InChI=1S/C28H40N2/c1-3-5-7-9-11-13-15-23-19-21-29-27-25(23)17-18-26-24(20-22-30-28(26)27)16-14-12-10-8-6-4-2/h17-22H,3-16H2,1-2H3. The van der Waals surface area contributed by atoms with Crippen LogP contribution in [0.4, 0.5) is 0 Å².